The summed E-state index contributed by atoms with van der Waals surface area (Å²) in [4.78, 5) is 94.1. The van der Waals surface area contributed by atoms with Crippen molar-refractivity contribution >= 4 is 80.9 Å². The number of imidazole rings is 2. The van der Waals surface area contributed by atoms with E-state index in [0.717, 1.165) is 34.4 Å². The number of fused-ring (bicyclic) bond motifs is 2. The number of hydrogen-bond acceptors (Lipinski definition) is 26. The molecule has 348 valence electrons. The molecule has 4 aromatic rings. The summed E-state index contributed by atoms with van der Waals surface area (Å²) in [6.07, 6.45) is -9.73. The van der Waals surface area contributed by atoms with Gasteiger partial charge in [-0.25, -0.2) is 57.3 Å². The van der Waals surface area contributed by atoms with Gasteiger partial charge in [-0.1, -0.05) is 12.2 Å². The third kappa shape index (κ3) is 17.7. The summed E-state index contributed by atoms with van der Waals surface area (Å²) in [5.74, 6) is 0.0131. The zero-order valence-corrected chi connectivity index (χ0v) is 47.1. The van der Waals surface area contributed by atoms with Gasteiger partial charge in [-0.15, -0.1) is 12.2 Å². The van der Waals surface area contributed by atoms with Gasteiger partial charge < -0.3 is 80.5 Å². The van der Waals surface area contributed by atoms with E-state index in [-0.39, 0.29) is 152 Å². The minimum Gasteiger partial charge on any atom is -0.851 e. The Morgan fingerprint density at radius 1 is 0.515 bits per heavy atom. The molecule has 36 nitrogen and oxygen atoms in total. The van der Waals surface area contributed by atoms with Crippen molar-refractivity contribution in [3.05, 3.63) is 25.3 Å². The maximum Gasteiger partial charge on any atom is 1.00 e. The molecule has 6 heterocycles. The van der Waals surface area contributed by atoms with Crippen molar-refractivity contribution in [2.24, 2.45) is 0 Å². The Balaban J connectivity index is 0.000000622. The number of rotatable bonds is 16. The van der Waals surface area contributed by atoms with E-state index < -0.39 is 109 Å². The Morgan fingerprint density at radius 2 is 0.833 bits per heavy atom. The van der Waals surface area contributed by atoms with Crippen LogP contribution in [0.1, 0.15) is 12.5 Å². The molecule has 2 aliphatic heterocycles. The number of hydrogen-bond donors (Lipinski definition) is 10. The molecular weight excluding hydrogens is 1070 g/mol. The molecule has 0 aliphatic carbocycles. The first-order chi connectivity index (χ1) is 28.4. The van der Waals surface area contributed by atoms with Gasteiger partial charge >= 0.3 is 165 Å². The molecule has 12 N–H and O–H groups in total. The van der Waals surface area contributed by atoms with Gasteiger partial charge in [-0.3, -0.25) is 18.2 Å². The maximum absolute atomic E-state index is 12.4. The Bertz CT molecular complexity index is 2400. The summed E-state index contributed by atoms with van der Waals surface area (Å²) in [5.41, 5.74) is 11.7. The molecule has 66 heavy (non-hydrogen) atoms. The van der Waals surface area contributed by atoms with Gasteiger partial charge in [0.1, 0.15) is 36.1 Å². The molecule has 0 aromatic carbocycles. The van der Waals surface area contributed by atoms with Gasteiger partial charge in [0.25, 0.3) is 0 Å². The van der Waals surface area contributed by atoms with Crippen molar-refractivity contribution in [1.29, 1.82) is 0 Å². The van der Waals surface area contributed by atoms with Crippen molar-refractivity contribution in [3.8, 4) is 0 Å². The van der Waals surface area contributed by atoms with Crippen molar-refractivity contribution in [3.63, 3.8) is 0 Å². The van der Waals surface area contributed by atoms with Gasteiger partial charge in [0, 0.05) is 0 Å². The van der Waals surface area contributed by atoms with Crippen LogP contribution in [0.3, 0.4) is 0 Å². The number of nitrogen functional groups attached to an aromatic ring is 2. The summed E-state index contributed by atoms with van der Waals surface area (Å²) in [7, 11) is -33.5. The predicted octanol–water partition coefficient (Wildman–Crippen LogP) is -17.8. The normalized spacial score (nSPS) is 26.7. The third-order valence-corrected chi connectivity index (χ3v) is 15.1. The summed E-state index contributed by atoms with van der Waals surface area (Å²) in [6, 6.07) is 0. The first-order valence-electron chi connectivity index (χ1n) is 15.7. The van der Waals surface area contributed by atoms with E-state index >= 15 is 0 Å². The minimum absolute atomic E-state index is 0. The Morgan fingerprint density at radius 3 is 1.14 bits per heavy atom. The molecule has 0 saturated carbocycles. The zero-order chi connectivity index (χ0) is 46.4. The molecule has 0 radical (unpaired) electrons. The van der Waals surface area contributed by atoms with E-state index in [0.29, 0.717) is 0 Å². The van der Waals surface area contributed by atoms with Crippen LogP contribution < -0.4 is 150 Å². The number of nitrogens with zero attached hydrogens (tertiary/aromatic N) is 8. The fourth-order valence-corrected chi connectivity index (χ4v) is 11.2. The largest absolute Gasteiger partial charge is 1.00 e. The van der Waals surface area contributed by atoms with Crippen LogP contribution in [0.5, 0.6) is 0 Å². The van der Waals surface area contributed by atoms with Gasteiger partial charge in [0.05, 0.1) is 38.1 Å². The first-order valence-corrected chi connectivity index (χ1v) is 24.8. The van der Waals surface area contributed by atoms with E-state index in [1.165, 1.54) is 0 Å². The second-order valence-corrected chi connectivity index (χ2v) is 20.8. The third-order valence-electron chi connectivity index (χ3n) is 7.53. The SMILES string of the molecule is Nc1ncnc2c1ncn2[C@@H]1O[C@H](COP(=O)(O)OP(=O)(O)OP(=O)(O)O)[C@@H]([O-])[C@H]1[O-].Nc1ncnc2c1ncn2[C@@H]1O[C@H](COP(=O)(O)OP(=O)(O)OP(=O)(O)O)[C@@H]([O-])[C@H]1[O-].[Na+].[Na+].[Na+].[Na+]. The number of phosphoric acid groups is 6. The maximum atomic E-state index is 12.4. The average Bonchev–Trinajstić information content (AvgIpc) is 3.86. The summed E-state index contributed by atoms with van der Waals surface area (Å²) in [6.45, 7) is -2.12. The van der Waals surface area contributed by atoms with Gasteiger partial charge in [0.2, 0.25) is 0 Å². The van der Waals surface area contributed by atoms with Crippen LogP contribution in [0.15, 0.2) is 25.3 Å². The van der Waals surface area contributed by atoms with Crippen LogP contribution in [0.4, 0.5) is 11.6 Å². The Kier molecular flexibility index (Phi) is 25.2. The van der Waals surface area contributed by atoms with Crippen LogP contribution in [0.2, 0.25) is 0 Å². The number of nitrogens with two attached hydrogens (primary N) is 2. The smallest absolute Gasteiger partial charge is 0.851 e. The van der Waals surface area contributed by atoms with E-state index in [1.807, 2.05) is 0 Å². The van der Waals surface area contributed by atoms with Crippen LogP contribution in [0, 0.1) is 0 Å². The molecule has 4 aromatic heterocycles. The van der Waals surface area contributed by atoms with Crippen LogP contribution in [-0.4, -0.2) is 128 Å². The average molecular weight is 1100 g/mol. The monoisotopic (exact) mass is 1100 g/mol. The zero-order valence-electron chi connectivity index (χ0n) is 33.7. The predicted molar refractivity (Wildman–Crippen MR) is 182 cm³/mol. The fourth-order valence-electron chi connectivity index (χ4n) is 5.19. The van der Waals surface area contributed by atoms with Crippen LogP contribution >= 0.6 is 46.9 Å². The standard InChI is InChI=1S/2C10H14N5O13P3.4Na/c2*11-8-5-9(13-2-12-8)15(3-14-5)10-7(17)6(16)4(26-10)1-25-30(21,22)28-31(23,24)27-29(18,19)20;;;;/h2*2-4,6-7,10H,1H2,(H,21,22)(H,23,24)(H2,11,12,13)(H2,18,19,20);;;;/q2*-2;4*+1/t2*4-,6-,7-,10-;;;;/m11..../s1. The number of aromatic nitrogens is 8. The van der Waals surface area contributed by atoms with E-state index in [9.17, 15) is 57.6 Å². The summed E-state index contributed by atoms with van der Waals surface area (Å²) >= 11 is 0. The molecule has 6 rings (SSSR count). The van der Waals surface area contributed by atoms with E-state index in [2.05, 4.69) is 56.2 Å². The summed E-state index contributed by atoms with van der Waals surface area (Å²) in [5, 5.41) is 49.2. The van der Waals surface area contributed by atoms with Gasteiger partial charge in [-0.2, -0.15) is 17.2 Å². The molecule has 2 saturated heterocycles. The van der Waals surface area contributed by atoms with Crippen LogP contribution in [-0.2, 0) is 63.2 Å². The van der Waals surface area contributed by atoms with Crippen molar-refractivity contribution < 1.29 is 241 Å². The molecule has 2 aliphatic rings. The molecular formula is C20H28N10Na4O26P6. The van der Waals surface area contributed by atoms with Crippen LogP contribution in [0.25, 0.3) is 22.3 Å². The number of phosphoric ester groups is 2. The molecule has 2 fully saturated rings. The summed E-state index contributed by atoms with van der Waals surface area (Å²) < 4.78 is 103. The fraction of sp³-hybridized carbons (Fsp3) is 0.500. The second-order valence-electron chi connectivity index (χ2n) is 11.9. The van der Waals surface area contributed by atoms with Crippen molar-refractivity contribution in [2.45, 2.75) is 49.1 Å². The molecule has 0 bridgehead atoms. The molecule has 4 unspecified atom stereocenters. The molecule has 0 spiro atoms. The molecule has 0 amide bonds. The van der Waals surface area contributed by atoms with Gasteiger partial charge in [0.15, 0.2) is 22.9 Å². The van der Waals surface area contributed by atoms with E-state index in [1.54, 1.807) is 0 Å². The van der Waals surface area contributed by atoms with Gasteiger partial charge in [-0.05, 0) is 0 Å². The van der Waals surface area contributed by atoms with Crippen molar-refractivity contribution in [1.82, 2.24) is 39.0 Å². The number of ether oxygens (including phenoxy) is 2. The Hall–Kier alpha value is 1.28. The quantitative estimate of drug-likeness (QED) is 0.0368. The van der Waals surface area contributed by atoms with E-state index in [4.69, 9.17) is 50.3 Å². The topological polar surface area (TPSA) is 570 Å². The second kappa shape index (κ2) is 25.5. The number of anilines is 2. The first kappa shape index (κ1) is 65.3. The molecule has 46 heteroatoms. The minimum atomic E-state index is -5.73. The van der Waals surface area contributed by atoms with Crippen molar-refractivity contribution in [2.75, 3.05) is 24.7 Å². The Labute approximate surface area is 455 Å². The molecule has 12 atom stereocenters.